The second kappa shape index (κ2) is 5.77. The minimum absolute atomic E-state index is 0. The van der Waals surface area contributed by atoms with Crippen LogP contribution in [0.5, 0.6) is 0 Å². The number of hydrogen-bond donors (Lipinski definition) is 1. The van der Waals surface area contributed by atoms with Gasteiger partial charge in [0.1, 0.15) is 5.82 Å². The SMILES string of the molecule is Cl.N[C@@H](c1ccsc1)c1ccc(F)c(Br)c1. The van der Waals surface area contributed by atoms with Gasteiger partial charge in [-0.1, -0.05) is 6.07 Å². The van der Waals surface area contributed by atoms with Gasteiger partial charge in [-0.15, -0.1) is 12.4 Å². The zero-order valence-electron chi connectivity index (χ0n) is 8.19. The molecule has 0 saturated carbocycles. The highest BCUT2D eigenvalue weighted by molar-refractivity contribution is 9.10. The third kappa shape index (κ3) is 2.83. The van der Waals surface area contributed by atoms with Gasteiger partial charge in [0.25, 0.3) is 0 Å². The minimum Gasteiger partial charge on any atom is -0.320 e. The van der Waals surface area contributed by atoms with Crippen molar-refractivity contribution in [2.24, 2.45) is 5.73 Å². The molecular formula is C11H10BrClFNS. The smallest absolute Gasteiger partial charge is 0.137 e. The molecule has 5 heteroatoms. The Labute approximate surface area is 112 Å². The van der Waals surface area contributed by atoms with Crippen LogP contribution in [0.2, 0.25) is 0 Å². The molecule has 0 saturated heterocycles. The van der Waals surface area contributed by atoms with Crippen LogP contribution in [0.15, 0.2) is 39.5 Å². The molecule has 0 fully saturated rings. The first-order chi connectivity index (χ1) is 7.18. The van der Waals surface area contributed by atoms with E-state index in [-0.39, 0.29) is 24.3 Å². The maximum absolute atomic E-state index is 13.0. The third-order valence-electron chi connectivity index (χ3n) is 2.21. The summed E-state index contributed by atoms with van der Waals surface area (Å²) in [7, 11) is 0. The molecule has 1 aromatic heterocycles. The molecule has 1 heterocycles. The van der Waals surface area contributed by atoms with Gasteiger partial charge in [-0.05, 0) is 56.0 Å². The highest BCUT2D eigenvalue weighted by atomic mass is 79.9. The van der Waals surface area contributed by atoms with Crippen molar-refractivity contribution in [3.63, 3.8) is 0 Å². The zero-order valence-corrected chi connectivity index (χ0v) is 11.4. The highest BCUT2D eigenvalue weighted by Gasteiger charge is 2.10. The van der Waals surface area contributed by atoms with Gasteiger partial charge < -0.3 is 5.73 Å². The molecule has 2 aromatic rings. The highest BCUT2D eigenvalue weighted by Crippen LogP contribution is 2.25. The monoisotopic (exact) mass is 321 g/mol. The number of hydrogen-bond acceptors (Lipinski definition) is 2. The summed E-state index contributed by atoms with van der Waals surface area (Å²) < 4.78 is 13.5. The number of thiophene rings is 1. The first kappa shape index (κ1) is 13.6. The second-order valence-corrected chi connectivity index (χ2v) is 4.84. The first-order valence-electron chi connectivity index (χ1n) is 4.41. The lowest BCUT2D eigenvalue weighted by atomic mass is 10.0. The summed E-state index contributed by atoms with van der Waals surface area (Å²) in [5, 5.41) is 3.98. The Morgan fingerprint density at radius 1 is 1.25 bits per heavy atom. The summed E-state index contributed by atoms with van der Waals surface area (Å²) in [6.07, 6.45) is 0. The van der Waals surface area contributed by atoms with Crippen LogP contribution in [0.25, 0.3) is 0 Å². The maximum Gasteiger partial charge on any atom is 0.137 e. The van der Waals surface area contributed by atoms with Crippen LogP contribution in [0.4, 0.5) is 4.39 Å². The van der Waals surface area contributed by atoms with Crippen molar-refractivity contribution >= 4 is 39.7 Å². The van der Waals surface area contributed by atoms with Gasteiger partial charge >= 0.3 is 0 Å². The number of nitrogens with two attached hydrogens (primary N) is 1. The molecule has 2 rings (SSSR count). The van der Waals surface area contributed by atoms with Gasteiger partial charge in [0.15, 0.2) is 0 Å². The maximum atomic E-state index is 13.0. The fraction of sp³-hybridized carbons (Fsp3) is 0.0909. The Morgan fingerprint density at radius 2 is 2.00 bits per heavy atom. The van der Waals surface area contributed by atoms with E-state index in [1.807, 2.05) is 16.8 Å². The molecule has 0 unspecified atom stereocenters. The van der Waals surface area contributed by atoms with E-state index in [0.29, 0.717) is 4.47 Å². The van der Waals surface area contributed by atoms with Crippen LogP contribution >= 0.6 is 39.7 Å². The molecule has 1 nitrogen and oxygen atoms in total. The fourth-order valence-electron chi connectivity index (χ4n) is 1.35. The molecule has 0 radical (unpaired) electrons. The molecule has 1 atom stereocenters. The van der Waals surface area contributed by atoms with Gasteiger partial charge in [-0.3, -0.25) is 0 Å². The summed E-state index contributed by atoms with van der Waals surface area (Å²) in [4.78, 5) is 0. The molecular weight excluding hydrogens is 313 g/mol. The number of rotatable bonds is 2. The molecule has 16 heavy (non-hydrogen) atoms. The number of benzene rings is 1. The molecule has 0 spiro atoms. The molecule has 86 valence electrons. The molecule has 0 aliphatic carbocycles. The standard InChI is InChI=1S/C11H9BrFNS.ClH/c12-9-5-7(1-2-10(9)13)11(14)8-3-4-15-6-8;/h1-6,11H,14H2;1H/t11-;/m1./s1. The second-order valence-electron chi connectivity index (χ2n) is 3.21. The van der Waals surface area contributed by atoms with Crippen molar-refractivity contribution in [2.45, 2.75) is 6.04 Å². The molecule has 1 aromatic carbocycles. The molecule has 0 amide bonds. The lowest BCUT2D eigenvalue weighted by Crippen LogP contribution is -2.10. The van der Waals surface area contributed by atoms with Crippen molar-refractivity contribution in [1.82, 2.24) is 0 Å². The Hall–Kier alpha value is -0.420. The predicted octanol–water partition coefficient (Wildman–Crippen LogP) is 4.12. The Balaban J connectivity index is 0.00000128. The summed E-state index contributed by atoms with van der Waals surface area (Å²) in [5.41, 5.74) is 8.00. The van der Waals surface area contributed by atoms with Crippen LogP contribution in [-0.4, -0.2) is 0 Å². The Kier molecular flexibility index (Phi) is 4.92. The minimum atomic E-state index is -0.267. The van der Waals surface area contributed by atoms with E-state index in [4.69, 9.17) is 5.73 Å². The van der Waals surface area contributed by atoms with Crippen molar-refractivity contribution in [2.75, 3.05) is 0 Å². The van der Waals surface area contributed by atoms with E-state index in [2.05, 4.69) is 15.9 Å². The van der Waals surface area contributed by atoms with E-state index in [9.17, 15) is 4.39 Å². The lowest BCUT2D eigenvalue weighted by molar-refractivity contribution is 0.619. The fourth-order valence-corrected chi connectivity index (χ4v) is 2.44. The van der Waals surface area contributed by atoms with Gasteiger partial charge in [-0.25, -0.2) is 4.39 Å². The average Bonchev–Trinajstić information content (AvgIpc) is 2.74. The quantitative estimate of drug-likeness (QED) is 0.884. The van der Waals surface area contributed by atoms with E-state index < -0.39 is 0 Å². The third-order valence-corrected chi connectivity index (χ3v) is 3.51. The summed E-state index contributed by atoms with van der Waals surface area (Å²) in [6.45, 7) is 0. The van der Waals surface area contributed by atoms with E-state index >= 15 is 0 Å². The van der Waals surface area contributed by atoms with Crippen LogP contribution < -0.4 is 5.73 Å². The summed E-state index contributed by atoms with van der Waals surface area (Å²) >= 11 is 4.75. The van der Waals surface area contributed by atoms with Crippen LogP contribution in [0.3, 0.4) is 0 Å². The van der Waals surface area contributed by atoms with Gasteiger partial charge in [0.05, 0.1) is 10.5 Å². The zero-order chi connectivity index (χ0) is 10.8. The Bertz CT molecular complexity index is 461. The van der Waals surface area contributed by atoms with E-state index in [0.717, 1.165) is 11.1 Å². The average molecular weight is 323 g/mol. The van der Waals surface area contributed by atoms with Crippen molar-refractivity contribution in [3.8, 4) is 0 Å². The lowest BCUT2D eigenvalue weighted by Gasteiger charge is -2.10. The topological polar surface area (TPSA) is 26.0 Å². The summed E-state index contributed by atoms with van der Waals surface area (Å²) in [5.74, 6) is -0.267. The predicted molar refractivity (Wildman–Crippen MR) is 71.7 cm³/mol. The van der Waals surface area contributed by atoms with Crippen molar-refractivity contribution < 1.29 is 4.39 Å². The van der Waals surface area contributed by atoms with E-state index in [1.165, 1.54) is 6.07 Å². The van der Waals surface area contributed by atoms with Crippen molar-refractivity contribution in [1.29, 1.82) is 0 Å². The summed E-state index contributed by atoms with van der Waals surface area (Å²) in [6, 6.07) is 6.64. The normalized spacial score (nSPS) is 11.9. The number of halogens is 3. The van der Waals surface area contributed by atoms with Crippen LogP contribution in [-0.2, 0) is 0 Å². The Morgan fingerprint density at radius 3 is 2.56 bits per heavy atom. The van der Waals surface area contributed by atoms with E-state index in [1.54, 1.807) is 23.5 Å². The van der Waals surface area contributed by atoms with Crippen LogP contribution in [0, 0.1) is 5.82 Å². The van der Waals surface area contributed by atoms with Crippen LogP contribution in [0.1, 0.15) is 17.2 Å². The van der Waals surface area contributed by atoms with Crippen molar-refractivity contribution in [3.05, 3.63) is 56.4 Å². The molecule has 0 aliphatic rings. The molecule has 2 N–H and O–H groups in total. The van der Waals surface area contributed by atoms with Gasteiger partial charge in [-0.2, -0.15) is 11.3 Å². The van der Waals surface area contributed by atoms with Gasteiger partial charge in [0, 0.05) is 0 Å². The molecule has 0 bridgehead atoms. The van der Waals surface area contributed by atoms with Gasteiger partial charge in [0.2, 0.25) is 0 Å². The largest absolute Gasteiger partial charge is 0.320 e. The first-order valence-corrected chi connectivity index (χ1v) is 6.14. The molecule has 0 aliphatic heterocycles.